The molecule has 0 aliphatic rings. The third-order valence-electron chi connectivity index (χ3n) is 2.25. The Morgan fingerprint density at radius 3 is 2.73 bits per heavy atom. The summed E-state index contributed by atoms with van der Waals surface area (Å²) in [6.07, 6.45) is 0.402. The fraction of sp³-hybridized carbons (Fsp3) is 0.364. The van der Waals surface area contributed by atoms with Crippen LogP contribution in [0.1, 0.15) is 11.1 Å². The van der Waals surface area contributed by atoms with Gasteiger partial charge in [-0.3, -0.25) is 4.79 Å². The van der Waals surface area contributed by atoms with Gasteiger partial charge in [0, 0.05) is 12.1 Å². The van der Waals surface area contributed by atoms with Crippen molar-refractivity contribution in [1.29, 1.82) is 0 Å². The molecule has 0 bridgehead atoms. The zero-order valence-electron chi connectivity index (χ0n) is 8.99. The first-order chi connectivity index (χ1) is 7.04. The average molecular weight is 208 g/mol. The molecule has 15 heavy (non-hydrogen) atoms. The maximum atomic E-state index is 11.1. The molecule has 1 aromatic rings. The quantitative estimate of drug-likeness (QED) is 0.564. The normalized spacial score (nSPS) is 12.2. The van der Waals surface area contributed by atoms with E-state index in [4.69, 9.17) is 11.5 Å². The molecule has 0 fully saturated rings. The van der Waals surface area contributed by atoms with E-state index < -0.39 is 12.0 Å². The summed E-state index contributed by atoms with van der Waals surface area (Å²) in [5.74, 6) is -0.421. The lowest BCUT2D eigenvalue weighted by Gasteiger charge is -2.11. The van der Waals surface area contributed by atoms with E-state index in [9.17, 15) is 4.79 Å². The van der Waals surface area contributed by atoms with Gasteiger partial charge in [-0.1, -0.05) is 12.1 Å². The topological polar surface area (TPSA) is 78.3 Å². The van der Waals surface area contributed by atoms with Crippen LogP contribution in [-0.4, -0.2) is 19.1 Å². The molecule has 0 saturated carbocycles. The minimum Gasteiger partial charge on any atom is -0.468 e. The van der Waals surface area contributed by atoms with Gasteiger partial charge in [0.25, 0.3) is 0 Å². The van der Waals surface area contributed by atoms with E-state index >= 15 is 0 Å². The summed E-state index contributed by atoms with van der Waals surface area (Å²) < 4.78 is 4.54. The molecule has 0 radical (unpaired) electrons. The van der Waals surface area contributed by atoms with Crippen LogP contribution in [-0.2, 0) is 16.0 Å². The molecule has 4 heteroatoms. The lowest BCUT2D eigenvalue weighted by molar-refractivity contribution is -0.142. The Kier molecular flexibility index (Phi) is 3.68. The molecule has 1 rings (SSSR count). The zero-order chi connectivity index (χ0) is 11.4. The Morgan fingerprint density at radius 2 is 2.20 bits per heavy atom. The summed E-state index contributed by atoms with van der Waals surface area (Å²) in [5, 5.41) is 0. The van der Waals surface area contributed by atoms with Crippen LogP contribution in [0, 0.1) is 6.92 Å². The van der Waals surface area contributed by atoms with E-state index in [1.165, 1.54) is 7.11 Å². The van der Waals surface area contributed by atoms with Crippen LogP contribution in [0.15, 0.2) is 18.2 Å². The summed E-state index contributed by atoms with van der Waals surface area (Å²) in [7, 11) is 1.32. The molecule has 4 N–H and O–H groups in total. The first-order valence-corrected chi connectivity index (χ1v) is 4.73. The van der Waals surface area contributed by atoms with Crippen molar-refractivity contribution in [3.63, 3.8) is 0 Å². The SMILES string of the molecule is COC(=O)[C@H](N)Cc1ccc(C)cc1N. The van der Waals surface area contributed by atoms with Gasteiger partial charge in [-0.25, -0.2) is 0 Å². The Hall–Kier alpha value is -1.55. The summed E-state index contributed by atoms with van der Waals surface area (Å²) in [4.78, 5) is 11.1. The number of carbonyl (C=O) groups excluding carboxylic acids is 1. The third kappa shape index (κ3) is 2.95. The first kappa shape index (κ1) is 11.5. The van der Waals surface area contributed by atoms with Gasteiger partial charge in [-0.2, -0.15) is 0 Å². The summed E-state index contributed by atoms with van der Waals surface area (Å²) >= 11 is 0. The van der Waals surface area contributed by atoms with Gasteiger partial charge in [0.1, 0.15) is 6.04 Å². The minimum atomic E-state index is -0.653. The van der Waals surface area contributed by atoms with E-state index in [-0.39, 0.29) is 0 Å². The number of aryl methyl sites for hydroxylation is 1. The van der Waals surface area contributed by atoms with Crippen molar-refractivity contribution >= 4 is 11.7 Å². The number of hydrogen-bond donors (Lipinski definition) is 2. The van der Waals surface area contributed by atoms with Crippen molar-refractivity contribution < 1.29 is 9.53 Å². The highest BCUT2D eigenvalue weighted by molar-refractivity contribution is 5.76. The minimum absolute atomic E-state index is 0.402. The van der Waals surface area contributed by atoms with Crippen molar-refractivity contribution in [2.24, 2.45) is 5.73 Å². The summed E-state index contributed by atoms with van der Waals surface area (Å²) in [5.41, 5.74) is 14.1. The van der Waals surface area contributed by atoms with Gasteiger partial charge < -0.3 is 16.2 Å². The number of methoxy groups -OCH3 is 1. The molecule has 0 saturated heterocycles. The largest absolute Gasteiger partial charge is 0.468 e. The highest BCUT2D eigenvalue weighted by Gasteiger charge is 2.15. The maximum Gasteiger partial charge on any atom is 0.322 e. The first-order valence-electron chi connectivity index (χ1n) is 4.73. The second-order valence-electron chi connectivity index (χ2n) is 3.54. The lowest BCUT2D eigenvalue weighted by atomic mass is 10.0. The number of anilines is 1. The number of nitrogens with two attached hydrogens (primary N) is 2. The number of hydrogen-bond acceptors (Lipinski definition) is 4. The molecule has 1 atom stereocenters. The van der Waals surface area contributed by atoms with Gasteiger partial charge in [0.2, 0.25) is 0 Å². The van der Waals surface area contributed by atoms with Gasteiger partial charge in [-0.15, -0.1) is 0 Å². The van der Waals surface area contributed by atoms with E-state index in [0.717, 1.165) is 11.1 Å². The summed E-state index contributed by atoms with van der Waals surface area (Å²) in [6.45, 7) is 1.96. The third-order valence-corrected chi connectivity index (χ3v) is 2.25. The lowest BCUT2D eigenvalue weighted by Crippen LogP contribution is -2.33. The molecule has 0 aromatic heterocycles. The molecule has 0 aliphatic heterocycles. The number of benzene rings is 1. The van der Waals surface area contributed by atoms with Crippen LogP contribution < -0.4 is 11.5 Å². The van der Waals surface area contributed by atoms with E-state index in [1.807, 2.05) is 25.1 Å². The van der Waals surface area contributed by atoms with Crippen molar-refractivity contribution in [1.82, 2.24) is 0 Å². The molecular formula is C11H16N2O2. The predicted molar refractivity (Wildman–Crippen MR) is 59.3 cm³/mol. The monoisotopic (exact) mass is 208 g/mol. The Labute approximate surface area is 89.2 Å². The van der Waals surface area contributed by atoms with Crippen molar-refractivity contribution in [3.05, 3.63) is 29.3 Å². The number of esters is 1. The number of rotatable bonds is 3. The van der Waals surface area contributed by atoms with Crippen LogP contribution in [0.2, 0.25) is 0 Å². The fourth-order valence-corrected chi connectivity index (χ4v) is 1.37. The van der Waals surface area contributed by atoms with Crippen LogP contribution in [0.5, 0.6) is 0 Å². The van der Waals surface area contributed by atoms with E-state index in [0.29, 0.717) is 12.1 Å². The second kappa shape index (κ2) is 4.79. The van der Waals surface area contributed by atoms with Crippen LogP contribution in [0.4, 0.5) is 5.69 Å². The fourth-order valence-electron chi connectivity index (χ4n) is 1.37. The molecule has 0 amide bonds. The Balaban J connectivity index is 2.76. The maximum absolute atomic E-state index is 11.1. The molecule has 4 nitrogen and oxygen atoms in total. The number of ether oxygens (including phenoxy) is 1. The molecular weight excluding hydrogens is 192 g/mol. The molecule has 0 aliphatic carbocycles. The zero-order valence-corrected chi connectivity index (χ0v) is 8.99. The smallest absolute Gasteiger partial charge is 0.322 e. The molecule has 0 spiro atoms. The number of nitrogen functional groups attached to an aromatic ring is 1. The Bertz CT molecular complexity index is 364. The highest BCUT2D eigenvalue weighted by Crippen LogP contribution is 2.15. The van der Waals surface area contributed by atoms with Gasteiger partial charge in [-0.05, 0) is 24.1 Å². The second-order valence-corrected chi connectivity index (χ2v) is 3.54. The van der Waals surface area contributed by atoms with E-state index in [1.54, 1.807) is 0 Å². The van der Waals surface area contributed by atoms with E-state index in [2.05, 4.69) is 4.74 Å². The molecule has 82 valence electrons. The van der Waals surface area contributed by atoms with Crippen molar-refractivity contribution in [2.45, 2.75) is 19.4 Å². The standard InChI is InChI=1S/C11H16N2O2/c1-7-3-4-8(9(12)5-7)6-10(13)11(14)15-2/h3-5,10H,6,12-13H2,1-2H3/t10-/m1/s1. The van der Waals surface area contributed by atoms with Crippen LogP contribution >= 0.6 is 0 Å². The van der Waals surface area contributed by atoms with Crippen LogP contribution in [0.25, 0.3) is 0 Å². The molecule has 1 aromatic carbocycles. The van der Waals surface area contributed by atoms with Gasteiger partial charge in [0.15, 0.2) is 0 Å². The molecule has 0 unspecified atom stereocenters. The van der Waals surface area contributed by atoms with Crippen molar-refractivity contribution in [2.75, 3.05) is 12.8 Å². The highest BCUT2D eigenvalue weighted by atomic mass is 16.5. The van der Waals surface area contributed by atoms with Crippen LogP contribution in [0.3, 0.4) is 0 Å². The summed E-state index contributed by atoms with van der Waals surface area (Å²) in [6, 6.07) is 5.03. The average Bonchev–Trinajstić information content (AvgIpc) is 2.20. The predicted octanol–water partition coefficient (Wildman–Crippen LogP) is 0.620. The molecule has 0 heterocycles. The van der Waals surface area contributed by atoms with Crippen molar-refractivity contribution in [3.8, 4) is 0 Å². The number of carbonyl (C=O) groups is 1. The van der Waals surface area contributed by atoms with Gasteiger partial charge in [0.05, 0.1) is 7.11 Å². The van der Waals surface area contributed by atoms with Gasteiger partial charge >= 0.3 is 5.97 Å². The Morgan fingerprint density at radius 1 is 1.53 bits per heavy atom.